The van der Waals surface area contributed by atoms with Gasteiger partial charge >= 0.3 is 23.9 Å². The molecule has 11 heteroatoms. The third kappa shape index (κ3) is 3.81. The number of hydrogen-bond acceptors (Lipinski definition) is 11. The fourth-order valence-electron chi connectivity index (χ4n) is 3.65. The van der Waals surface area contributed by atoms with Crippen LogP contribution in [0.5, 0.6) is 0 Å². The first kappa shape index (κ1) is 23.5. The molecule has 33 heavy (non-hydrogen) atoms. The minimum Gasteiger partial charge on any atom is -0.477 e. The van der Waals surface area contributed by atoms with Crippen molar-refractivity contribution < 1.29 is 42.9 Å². The van der Waals surface area contributed by atoms with E-state index in [2.05, 4.69) is 4.99 Å². The number of para-hydroxylation sites is 1. The maximum atomic E-state index is 13.0. The van der Waals surface area contributed by atoms with Crippen LogP contribution in [0.15, 0.2) is 51.8 Å². The number of anilines is 1. The highest BCUT2D eigenvalue weighted by atomic mass is 16.5. The second-order valence-electron chi connectivity index (χ2n) is 6.62. The van der Waals surface area contributed by atoms with E-state index in [-0.39, 0.29) is 18.3 Å². The molecule has 11 nitrogen and oxygen atoms in total. The van der Waals surface area contributed by atoms with Gasteiger partial charge in [-0.2, -0.15) is 4.99 Å². The minimum atomic E-state index is -1.52. The molecule has 0 bridgehead atoms. The predicted molar refractivity (Wildman–Crippen MR) is 113 cm³/mol. The number of carbonyl (C=O) groups is 4. The zero-order chi connectivity index (χ0) is 24.3. The van der Waals surface area contributed by atoms with Crippen LogP contribution in [0.25, 0.3) is 0 Å². The number of hydrogen-bond donors (Lipinski definition) is 0. The van der Waals surface area contributed by atoms with Crippen LogP contribution in [0.1, 0.15) is 12.5 Å². The fourth-order valence-corrected chi connectivity index (χ4v) is 3.65. The van der Waals surface area contributed by atoms with Crippen LogP contribution in [0.2, 0.25) is 0 Å². The van der Waals surface area contributed by atoms with Crippen molar-refractivity contribution in [3.63, 3.8) is 0 Å². The molecule has 0 aromatic heterocycles. The molecular formula is C22H22N2O9. The second-order valence-corrected chi connectivity index (χ2v) is 6.62. The molecule has 0 amide bonds. The van der Waals surface area contributed by atoms with Crippen LogP contribution in [-0.2, 0) is 42.9 Å². The quantitative estimate of drug-likeness (QED) is 0.463. The average molecular weight is 458 g/mol. The Hall–Kier alpha value is -4.15. The summed E-state index contributed by atoms with van der Waals surface area (Å²) in [5.74, 6) is -3.99. The highest BCUT2D eigenvalue weighted by molar-refractivity contribution is 6.18. The van der Waals surface area contributed by atoms with E-state index in [1.165, 1.54) is 4.90 Å². The zero-order valence-electron chi connectivity index (χ0n) is 18.7. The van der Waals surface area contributed by atoms with Gasteiger partial charge in [-0.15, -0.1) is 0 Å². The first-order valence-corrected chi connectivity index (χ1v) is 9.77. The molecule has 0 saturated carbocycles. The van der Waals surface area contributed by atoms with Crippen LogP contribution >= 0.6 is 0 Å². The number of nitrogens with zero attached hydrogens (tertiary/aromatic N) is 2. The van der Waals surface area contributed by atoms with Crippen LogP contribution in [0.4, 0.5) is 5.69 Å². The van der Waals surface area contributed by atoms with E-state index >= 15 is 0 Å². The molecule has 0 N–H and O–H groups in total. The number of aliphatic imine (C=N–C) groups is 1. The summed E-state index contributed by atoms with van der Waals surface area (Å²) in [5, 5.41) is 0. The van der Waals surface area contributed by atoms with Crippen molar-refractivity contribution in [2.45, 2.75) is 13.0 Å². The Morgan fingerprint density at radius 2 is 1.48 bits per heavy atom. The largest absolute Gasteiger partial charge is 0.477 e. The predicted octanol–water partition coefficient (Wildman–Crippen LogP) is 0.872. The molecule has 0 aliphatic carbocycles. The molecule has 0 spiro atoms. The van der Waals surface area contributed by atoms with Crippen molar-refractivity contribution in [3.05, 3.63) is 52.4 Å². The lowest BCUT2D eigenvalue weighted by Gasteiger charge is -2.40. The molecule has 2 aliphatic heterocycles. The molecule has 0 saturated heterocycles. The Balaban J connectivity index is 2.53. The van der Waals surface area contributed by atoms with Gasteiger partial charge in [-0.05, 0) is 19.1 Å². The van der Waals surface area contributed by atoms with Crippen LogP contribution in [-0.4, -0.2) is 70.9 Å². The summed E-state index contributed by atoms with van der Waals surface area (Å²) in [7, 11) is 4.36. The summed E-state index contributed by atoms with van der Waals surface area (Å²) < 4.78 is 25.2. The molecule has 0 fully saturated rings. The number of carbonyl (C=O) groups excluding carboxylic acids is 4. The van der Waals surface area contributed by atoms with Gasteiger partial charge in [-0.1, -0.05) is 12.1 Å². The highest BCUT2D eigenvalue weighted by Crippen LogP contribution is 2.42. The van der Waals surface area contributed by atoms with E-state index in [0.717, 1.165) is 28.4 Å². The topological polar surface area (TPSA) is 130 Å². The molecule has 0 radical (unpaired) electrons. The molecule has 1 aromatic rings. The van der Waals surface area contributed by atoms with Gasteiger partial charge < -0.3 is 28.6 Å². The zero-order valence-corrected chi connectivity index (χ0v) is 18.7. The van der Waals surface area contributed by atoms with E-state index in [1.807, 2.05) is 0 Å². The number of rotatable bonds is 5. The van der Waals surface area contributed by atoms with Crippen molar-refractivity contribution in [2.24, 2.45) is 4.99 Å². The number of benzene rings is 1. The Bertz CT molecular complexity index is 1120. The van der Waals surface area contributed by atoms with Gasteiger partial charge in [-0.3, -0.25) is 0 Å². The Morgan fingerprint density at radius 1 is 0.879 bits per heavy atom. The lowest BCUT2D eigenvalue weighted by Crippen LogP contribution is -2.51. The van der Waals surface area contributed by atoms with Gasteiger partial charge in [0.1, 0.15) is 5.57 Å². The van der Waals surface area contributed by atoms with Gasteiger partial charge in [0.05, 0.1) is 57.4 Å². The molecule has 1 aromatic carbocycles. The smallest absolute Gasteiger partial charge is 0.342 e. The minimum absolute atomic E-state index is 0.146. The monoisotopic (exact) mass is 458 g/mol. The van der Waals surface area contributed by atoms with Crippen molar-refractivity contribution in [1.82, 2.24) is 0 Å². The summed E-state index contributed by atoms with van der Waals surface area (Å²) >= 11 is 0. The second kappa shape index (κ2) is 9.55. The van der Waals surface area contributed by atoms with E-state index in [9.17, 15) is 19.2 Å². The third-order valence-electron chi connectivity index (χ3n) is 4.99. The van der Waals surface area contributed by atoms with Gasteiger partial charge in [0.2, 0.25) is 5.90 Å². The number of ether oxygens (including phenoxy) is 5. The SMILES string of the molecule is CCOC1=NC2=C(C(=O)OC)C(C(=O)OC)=C(C(=O)OC)C(C(=O)OC)N2c2ccccc21. The van der Waals surface area contributed by atoms with Gasteiger partial charge in [-0.25, -0.2) is 19.2 Å². The van der Waals surface area contributed by atoms with Crippen molar-refractivity contribution >= 4 is 35.5 Å². The lowest BCUT2D eigenvalue weighted by molar-refractivity contribution is -0.145. The number of esters is 4. The maximum Gasteiger partial charge on any atom is 0.342 e. The summed E-state index contributed by atoms with van der Waals surface area (Å²) in [6, 6.07) is 5.25. The average Bonchev–Trinajstić information content (AvgIpc) is 2.85. The Morgan fingerprint density at radius 3 is 2.06 bits per heavy atom. The first-order valence-electron chi connectivity index (χ1n) is 9.77. The van der Waals surface area contributed by atoms with Crippen LogP contribution in [0, 0.1) is 0 Å². The molecular weight excluding hydrogens is 436 g/mol. The summed E-state index contributed by atoms with van der Waals surface area (Å²) in [4.78, 5) is 57.4. The molecule has 1 unspecified atom stereocenters. The Kier molecular flexibility index (Phi) is 6.80. The normalized spacial score (nSPS) is 16.8. The van der Waals surface area contributed by atoms with E-state index < -0.39 is 46.6 Å². The van der Waals surface area contributed by atoms with Crippen molar-refractivity contribution in [1.29, 1.82) is 0 Å². The van der Waals surface area contributed by atoms with Gasteiger partial charge in [0.15, 0.2) is 11.9 Å². The molecule has 2 heterocycles. The van der Waals surface area contributed by atoms with Crippen molar-refractivity contribution in [3.8, 4) is 0 Å². The molecule has 174 valence electrons. The van der Waals surface area contributed by atoms with E-state index in [0.29, 0.717) is 11.3 Å². The molecule has 2 aliphatic rings. The fraction of sp³-hybridized carbons (Fsp3) is 0.318. The third-order valence-corrected chi connectivity index (χ3v) is 4.99. The molecule has 1 atom stereocenters. The maximum absolute atomic E-state index is 13.0. The van der Waals surface area contributed by atoms with E-state index in [1.54, 1.807) is 31.2 Å². The van der Waals surface area contributed by atoms with Gasteiger partial charge in [0.25, 0.3) is 0 Å². The van der Waals surface area contributed by atoms with Crippen LogP contribution in [0.3, 0.4) is 0 Å². The molecule has 3 rings (SSSR count). The lowest BCUT2D eigenvalue weighted by atomic mass is 9.87. The van der Waals surface area contributed by atoms with Gasteiger partial charge in [0, 0.05) is 0 Å². The Labute approximate surface area is 189 Å². The summed E-state index contributed by atoms with van der Waals surface area (Å²) in [6.07, 6.45) is 0. The number of methoxy groups -OCH3 is 4. The first-order chi connectivity index (χ1) is 15.9. The summed E-state index contributed by atoms with van der Waals surface area (Å²) in [5.41, 5.74) is -0.487. The highest BCUT2D eigenvalue weighted by Gasteiger charge is 2.50. The van der Waals surface area contributed by atoms with Crippen LogP contribution < -0.4 is 4.90 Å². The standard InChI is InChI=1S/C22H22N2O9/c1-6-33-18-11-9-7-8-10-12(11)24-16(22(28)32-5)14(20(26)30-3)13(19(25)29-2)15(17(24)23-18)21(27)31-4/h7-10,16H,6H2,1-5H3. The van der Waals surface area contributed by atoms with E-state index in [4.69, 9.17) is 23.7 Å². The van der Waals surface area contributed by atoms with Crippen molar-refractivity contribution in [2.75, 3.05) is 39.9 Å². The summed E-state index contributed by atoms with van der Waals surface area (Å²) in [6.45, 7) is 2.00. The number of fused-ring (bicyclic) bond motifs is 3.